The van der Waals surface area contributed by atoms with E-state index in [4.69, 9.17) is 15.1 Å². The lowest BCUT2D eigenvalue weighted by Gasteiger charge is -2.15. The SMILES string of the molecule is C=N/C=C(\C=C(/C)S(=O)(=O)NCCO)c1nc(NCc2ccccn2)c2c(-c3ccccc3)cccc2n1. The van der Waals surface area contributed by atoms with Crippen LogP contribution in [0, 0.1) is 0 Å². The minimum atomic E-state index is -3.82. The summed E-state index contributed by atoms with van der Waals surface area (Å²) >= 11 is 0. The molecule has 0 aliphatic rings. The molecule has 0 spiro atoms. The van der Waals surface area contributed by atoms with Crippen LogP contribution in [0.5, 0.6) is 0 Å². The number of hydrogen-bond donors (Lipinski definition) is 3. The van der Waals surface area contributed by atoms with Gasteiger partial charge in [0.15, 0.2) is 5.82 Å². The summed E-state index contributed by atoms with van der Waals surface area (Å²) in [7, 11) is -3.82. The fraction of sp³-hybridized carbons (Fsp3) is 0.143. The highest BCUT2D eigenvalue weighted by Crippen LogP contribution is 2.33. The highest BCUT2D eigenvalue weighted by atomic mass is 32.2. The van der Waals surface area contributed by atoms with Crippen molar-refractivity contribution in [2.75, 3.05) is 18.5 Å². The molecule has 0 unspecified atom stereocenters. The van der Waals surface area contributed by atoms with Gasteiger partial charge in [-0.3, -0.25) is 9.98 Å². The van der Waals surface area contributed by atoms with Gasteiger partial charge in [0.2, 0.25) is 10.0 Å². The van der Waals surface area contributed by atoms with Gasteiger partial charge in [0.1, 0.15) is 5.82 Å². The number of aliphatic hydroxyl groups is 1. The van der Waals surface area contributed by atoms with Gasteiger partial charge in [-0.1, -0.05) is 48.5 Å². The molecule has 4 aromatic rings. The maximum absolute atomic E-state index is 12.6. The van der Waals surface area contributed by atoms with Gasteiger partial charge in [-0.15, -0.1) is 0 Å². The summed E-state index contributed by atoms with van der Waals surface area (Å²) in [5, 5.41) is 13.2. The first kappa shape index (κ1) is 26.8. The lowest BCUT2D eigenvalue weighted by atomic mass is 10.0. The van der Waals surface area contributed by atoms with E-state index in [-0.39, 0.29) is 23.9 Å². The zero-order valence-corrected chi connectivity index (χ0v) is 21.7. The molecule has 4 rings (SSSR count). The molecule has 2 aromatic heterocycles. The summed E-state index contributed by atoms with van der Waals surface area (Å²) in [6.45, 7) is 4.99. The van der Waals surface area contributed by atoms with E-state index in [0.29, 0.717) is 23.5 Å². The average molecular weight is 529 g/mol. The van der Waals surface area contributed by atoms with Crippen molar-refractivity contribution in [3.8, 4) is 11.1 Å². The molecule has 0 aliphatic carbocycles. The first-order chi connectivity index (χ1) is 18.4. The number of aliphatic hydroxyl groups excluding tert-OH is 1. The number of anilines is 1. The zero-order chi connectivity index (χ0) is 27.0. The van der Waals surface area contributed by atoms with Crippen LogP contribution in [0.3, 0.4) is 0 Å². The fourth-order valence-corrected chi connectivity index (χ4v) is 4.69. The zero-order valence-electron chi connectivity index (χ0n) is 20.9. The van der Waals surface area contributed by atoms with Crippen molar-refractivity contribution < 1.29 is 13.5 Å². The Kier molecular flexibility index (Phi) is 8.70. The molecule has 0 saturated carbocycles. The Labute approximate surface area is 221 Å². The van der Waals surface area contributed by atoms with Crippen molar-refractivity contribution in [3.63, 3.8) is 0 Å². The van der Waals surface area contributed by atoms with Crippen molar-refractivity contribution in [2.45, 2.75) is 13.5 Å². The van der Waals surface area contributed by atoms with Crippen LogP contribution in [0.2, 0.25) is 0 Å². The molecule has 2 aromatic carbocycles. The third-order valence-electron chi connectivity index (χ3n) is 5.65. The Bertz CT molecular complexity index is 1590. The molecule has 194 valence electrons. The van der Waals surface area contributed by atoms with Crippen LogP contribution in [0.25, 0.3) is 27.6 Å². The summed E-state index contributed by atoms with van der Waals surface area (Å²) in [6, 6.07) is 21.4. The Morgan fingerprint density at radius 3 is 2.55 bits per heavy atom. The summed E-state index contributed by atoms with van der Waals surface area (Å²) in [5.74, 6) is 0.840. The van der Waals surface area contributed by atoms with E-state index >= 15 is 0 Å². The van der Waals surface area contributed by atoms with Crippen LogP contribution in [0.1, 0.15) is 18.4 Å². The molecule has 0 atom stereocenters. The molecule has 0 bridgehead atoms. The lowest BCUT2D eigenvalue weighted by Crippen LogP contribution is -2.27. The van der Waals surface area contributed by atoms with Gasteiger partial charge in [0.25, 0.3) is 0 Å². The van der Waals surface area contributed by atoms with Crippen molar-refractivity contribution in [1.29, 1.82) is 0 Å². The fourth-order valence-electron chi connectivity index (χ4n) is 3.82. The highest BCUT2D eigenvalue weighted by Gasteiger charge is 2.18. The van der Waals surface area contributed by atoms with E-state index in [1.807, 2.05) is 66.7 Å². The predicted molar refractivity (Wildman–Crippen MR) is 152 cm³/mol. The topological polar surface area (TPSA) is 129 Å². The summed E-state index contributed by atoms with van der Waals surface area (Å²) in [4.78, 5) is 17.8. The Hall–Kier alpha value is -4.25. The Morgan fingerprint density at radius 2 is 1.84 bits per heavy atom. The molecule has 3 N–H and O–H groups in total. The van der Waals surface area contributed by atoms with E-state index in [9.17, 15) is 8.42 Å². The van der Waals surface area contributed by atoms with Crippen molar-refractivity contribution in [2.24, 2.45) is 4.99 Å². The number of hydrogen-bond acceptors (Lipinski definition) is 8. The quantitative estimate of drug-likeness (QED) is 0.197. The maximum Gasteiger partial charge on any atom is 0.236 e. The van der Waals surface area contributed by atoms with Crippen molar-refractivity contribution in [3.05, 3.63) is 102 Å². The standard InChI is InChI=1S/C28H28N6O3S/c1-20(38(36,37)32-15-16-35)17-22(18-29-2)27-33-25-13-8-12-24(21-9-4-3-5-10-21)26(25)28(34-27)31-19-23-11-6-7-14-30-23/h3-14,17-18,32,35H,2,15-16,19H2,1H3,(H,31,33,34)/b20-17+,22-18+. The number of aromatic nitrogens is 3. The van der Waals surface area contributed by atoms with Crippen LogP contribution in [0.4, 0.5) is 5.82 Å². The molecule has 0 fully saturated rings. The number of rotatable bonds is 11. The number of nitrogens with zero attached hydrogens (tertiary/aromatic N) is 4. The molecule has 38 heavy (non-hydrogen) atoms. The predicted octanol–water partition coefficient (Wildman–Crippen LogP) is 4.16. The second-order valence-electron chi connectivity index (χ2n) is 8.28. The van der Waals surface area contributed by atoms with Gasteiger partial charge in [0.05, 0.1) is 34.7 Å². The number of benzene rings is 2. The van der Waals surface area contributed by atoms with Gasteiger partial charge in [0, 0.05) is 24.5 Å². The van der Waals surface area contributed by atoms with Gasteiger partial charge in [-0.25, -0.2) is 23.1 Å². The third-order valence-corrected chi connectivity index (χ3v) is 7.20. The third kappa shape index (κ3) is 6.35. The van der Waals surface area contributed by atoms with Gasteiger partial charge in [-0.2, -0.15) is 0 Å². The molecule has 0 amide bonds. The van der Waals surface area contributed by atoms with Crippen LogP contribution in [0.15, 0.2) is 95.1 Å². The van der Waals surface area contributed by atoms with Gasteiger partial charge >= 0.3 is 0 Å². The Morgan fingerprint density at radius 1 is 1.05 bits per heavy atom. The van der Waals surface area contributed by atoms with Crippen LogP contribution >= 0.6 is 0 Å². The molecular weight excluding hydrogens is 500 g/mol. The van der Waals surface area contributed by atoms with Crippen LogP contribution in [-0.4, -0.2) is 48.3 Å². The smallest absolute Gasteiger partial charge is 0.236 e. The summed E-state index contributed by atoms with van der Waals surface area (Å²) in [6.07, 6.45) is 4.57. The number of fused-ring (bicyclic) bond motifs is 1. The van der Waals surface area contributed by atoms with E-state index in [2.05, 4.69) is 26.7 Å². The van der Waals surface area contributed by atoms with Crippen LogP contribution in [-0.2, 0) is 16.6 Å². The molecule has 0 radical (unpaired) electrons. The molecule has 2 heterocycles. The number of pyridine rings is 1. The maximum atomic E-state index is 12.6. The second-order valence-corrected chi connectivity index (χ2v) is 10.2. The molecule has 0 saturated heterocycles. The van der Waals surface area contributed by atoms with Crippen LogP contribution < -0.4 is 10.0 Å². The highest BCUT2D eigenvalue weighted by molar-refractivity contribution is 7.93. The normalized spacial score (nSPS) is 12.5. The van der Waals surface area contributed by atoms with E-state index < -0.39 is 10.0 Å². The molecule has 10 heteroatoms. The largest absolute Gasteiger partial charge is 0.395 e. The van der Waals surface area contributed by atoms with E-state index in [0.717, 1.165) is 22.2 Å². The number of allylic oxidation sites excluding steroid dienone is 3. The summed E-state index contributed by atoms with van der Waals surface area (Å²) in [5.41, 5.74) is 3.82. The van der Waals surface area contributed by atoms with Gasteiger partial charge in [-0.05, 0) is 49.0 Å². The first-order valence-electron chi connectivity index (χ1n) is 11.9. The van der Waals surface area contributed by atoms with E-state index in [1.54, 1.807) is 6.20 Å². The average Bonchev–Trinajstić information content (AvgIpc) is 2.95. The summed E-state index contributed by atoms with van der Waals surface area (Å²) < 4.78 is 27.5. The molecular formula is C28H28N6O3S. The number of nitrogens with one attached hydrogen (secondary N) is 2. The molecule has 0 aliphatic heterocycles. The minimum Gasteiger partial charge on any atom is -0.395 e. The monoisotopic (exact) mass is 528 g/mol. The molecule has 9 nitrogen and oxygen atoms in total. The first-order valence-corrected chi connectivity index (χ1v) is 13.4. The minimum absolute atomic E-state index is 0.0191. The van der Waals surface area contributed by atoms with Crippen molar-refractivity contribution in [1.82, 2.24) is 19.7 Å². The van der Waals surface area contributed by atoms with Gasteiger partial charge < -0.3 is 10.4 Å². The lowest BCUT2D eigenvalue weighted by molar-refractivity contribution is 0.301. The second kappa shape index (κ2) is 12.3. The van der Waals surface area contributed by atoms with E-state index in [1.165, 1.54) is 19.2 Å². The van der Waals surface area contributed by atoms with Crippen molar-refractivity contribution >= 4 is 39.0 Å². The number of sulfonamides is 1. The Balaban J connectivity index is 1.87. The number of aliphatic imine (C=N–C) groups is 1.